The molecule has 1 aliphatic rings. The molecule has 1 aliphatic heterocycles. The monoisotopic (exact) mass is 351 g/mol. The summed E-state index contributed by atoms with van der Waals surface area (Å²) in [7, 11) is 0. The summed E-state index contributed by atoms with van der Waals surface area (Å²) in [5, 5.41) is 4.20. The molecule has 0 saturated heterocycles. The molecular formula is C21H25N3S. The Morgan fingerprint density at radius 3 is 2.32 bits per heavy atom. The van der Waals surface area contributed by atoms with Gasteiger partial charge in [-0.3, -0.25) is 0 Å². The van der Waals surface area contributed by atoms with Gasteiger partial charge >= 0.3 is 0 Å². The number of hydrogen-bond acceptors (Lipinski definition) is 2. The maximum atomic E-state index is 5.64. The minimum Gasteiger partial charge on any atom is -0.341 e. The van der Waals surface area contributed by atoms with Crippen LogP contribution in [0.2, 0.25) is 0 Å². The first-order valence-electron chi connectivity index (χ1n) is 8.70. The Morgan fingerprint density at radius 2 is 1.72 bits per heavy atom. The van der Waals surface area contributed by atoms with Crippen molar-refractivity contribution in [1.82, 2.24) is 0 Å². The van der Waals surface area contributed by atoms with Crippen LogP contribution >= 0.6 is 12.2 Å². The number of nitrogens with zero attached hydrogens (tertiary/aromatic N) is 2. The Morgan fingerprint density at radius 1 is 1.08 bits per heavy atom. The zero-order valence-corrected chi connectivity index (χ0v) is 16.4. The summed E-state index contributed by atoms with van der Waals surface area (Å²) < 4.78 is 0. The third kappa shape index (κ3) is 3.07. The number of hydrogen-bond donors (Lipinski definition) is 1. The number of aryl methyl sites for hydroxylation is 3. The van der Waals surface area contributed by atoms with Gasteiger partial charge in [-0.1, -0.05) is 37.3 Å². The van der Waals surface area contributed by atoms with Crippen molar-refractivity contribution in [3.05, 3.63) is 59.2 Å². The van der Waals surface area contributed by atoms with Crippen LogP contribution in [0.1, 0.15) is 37.0 Å². The van der Waals surface area contributed by atoms with E-state index in [9.17, 15) is 0 Å². The summed E-state index contributed by atoms with van der Waals surface area (Å²) in [6.07, 6.45) is 0.901. The zero-order chi connectivity index (χ0) is 18.2. The minimum atomic E-state index is -0.292. The summed E-state index contributed by atoms with van der Waals surface area (Å²) in [5.74, 6) is 0.916. The number of benzene rings is 2. The normalized spacial score (nSPS) is 20.0. The Balaban J connectivity index is 2.01. The first-order chi connectivity index (χ1) is 11.9. The number of amidine groups is 1. The summed E-state index contributed by atoms with van der Waals surface area (Å²) in [4.78, 5) is 6.91. The lowest BCUT2D eigenvalue weighted by atomic mass is 9.94. The highest BCUT2D eigenvalue weighted by Gasteiger charge is 2.43. The summed E-state index contributed by atoms with van der Waals surface area (Å²) in [6, 6.07) is 14.7. The van der Waals surface area contributed by atoms with Gasteiger partial charge in [0.1, 0.15) is 11.4 Å². The average molecular weight is 352 g/mol. The number of nitrogens with one attached hydrogen (secondary N) is 1. The molecule has 25 heavy (non-hydrogen) atoms. The molecule has 0 unspecified atom stereocenters. The predicted molar refractivity (Wildman–Crippen MR) is 112 cm³/mol. The predicted octanol–water partition coefficient (Wildman–Crippen LogP) is 5.40. The van der Waals surface area contributed by atoms with Crippen LogP contribution in [0.3, 0.4) is 0 Å². The van der Waals surface area contributed by atoms with E-state index in [1.165, 1.54) is 16.7 Å². The van der Waals surface area contributed by atoms with Gasteiger partial charge in [0.15, 0.2) is 0 Å². The molecule has 0 amide bonds. The van der Waals surface area contributed by atoms with Crippen LogP contribution in [-0.4, -0.2) is 16.5 Å². The third-order valence-corrected chi connectivity index (χ3v) is 5.35. The molecule has 0 fully saturated rings. The molecule has 4 heteroatoms. The molecule has 2 aromatic rings. The van der Waals surface area contributed by atoms with Crippen LogP contribution in [0.5, 0.6) is 0 Å². The highest BCUT2D eigenvalue weighted by molar-refractivity contribution is 7.80. The average Bonchev–Trinajstić information content (AvgIpc) is 2.82. The standard InChI is InChI=1S/C21H25N3S/c1-6-21(5)19(22-18-15(3)10-8-11-16(18)4)23-20(25)24(21)17-12-7-9-14(2)13-17/h7-13H,6H2,1-5H3,(H,22,23,25)/t21-/m0/s1. The van der Waals surface area contributed by atoms with Crippen LogP contribution in [0.15, 0.2) is 47.5 Å². The van der Waals surface area contributed by atoms with Crippen molar-refractivity contribution < 1.29 is 0 Å². The SMILES string of the molecule is CC[C@@]1(C)C(Nc2c(C)cccc2C)=NC(=S)N1c1cccc(C)c1. The van der Waals surface area contributed by atoms with Gasteiger partial charge in [0.25, 0.3) is 0 Å². The summed E-state index contributed by atoms with van der Waals surface area (Å²) >= 11 is 5.64. The Bertz CT molecular complexity index is 836. The van der Waals surface area contributed by atoms with E-state index in [4.69, 9.17) is 17.2 Å². The zero-order valence-electron chi connectivity index (χ0n) is 15.6. The topological polar surface area (TPSA) is 27.6 Å². The van der Waals surface area contributed by atoms with Gasteiger partial charge in [-0.15, -0.1) is 0 Å². The first kappa shape index (κ1) is 17.6. The highest BCUT2D eigenvalue weighted by atomic mass is 32.1. The fourth-order valence-corrected chi connectivity index (χ4v) is 3.76. The number of para-hydroxylation sites is 1. The maximum Gasteiger partial charge on any atom is 0.202 e. The molecule has 1 atom stereocenters. The van der Waals surface area contributed by atoms with E-state index in [1.54, 1.807) is 0 Å². The van der Waals surface area contributed by atoms with Crippen LogP contribution in [0, 0.1) is 20.8 Å². The lowest BCUT2D eigenvalue weighted by molar-refractivity contribution is 0.607. The molecule has 0 aromatic heterocycles. The van der Waals surface area contributed by atoms with Gasteiger partial charge < -0.3 is 10.2 Å². The number of aliphatic imine (C=N–C) groups is 1. The molecule has 0 bridgehead atoms. The second-order valence-corrected chi connectivity index (χ2v) is 7.30. The van der Waals surface area contributed by atoms with Crippen molar-refractivity contribution >= 4 is 34.5 Å². The van der Waals surface area contributed by atoms with Crippen molar-refractivity contribution in [2.24, 2.45) is 4.99 Å². The van der Waals surface area contributed by atoms with Crippen LogP contribution in [0.4, 0.5) is 11.4 Å². The van der Waals surface area contributed by atoms with Crippen molar-refractivity contribution in [2.45, 2.75) is 46.6 Å². The molecule has 1 heterocycles. The van der Waals surface area contributed by atoms with Crippen LogP contribution < -0.4 is 10.2 Å². The molecular weight excluding hydrogens is 326 g/mol. The van der Waals surface area contributed by atoms with Gasteiger partial charge in [-0.25, -0.2) is 4.99 Å². The Hall–Kier alpha value is -2.20. The molecule has 2 aromatic carbocycles. The molecule has 1 N–H and O–H groups in total. The second-order valence-electron chi connectivity index (χ2n) is 6.94. The van der Waals surface area contributed by atoms with E-state index in [1.807, 2.05) is 0 Å². The van der Waals surface area contributed by atoms with Crippen molar-refractivity contribution in [2.75, 3.05) is 10.2 Å². The van der Waals surface area contributed by atoms with E-state index in [-0.39, 0.29) is 5.54 Å². The smallest absolute Gasteiger partial charge is 0.202 e. The second kappa shape index (κ2) is 6.60. The largest absolute Gasteiger partial charge is 0.341 e. The summed E-state index contributed by atoms with van der Waals surface area (Å²) in [6.45, 7) is 10.7. The molecule has 0 spiro atoms. The number of anilines is 2. The third-order valence-electron chi connectivity index (χ3n) is 5.08. The molecule has 3 nitrogen and oxygen atoms in total. The number of thiocarbonyl (C=S) groups is 1. The van der Waals surface area contributed by atoms with E-state index in [0.29, 0.717) is 5.11 Å². The minimum absolute atomic E-state index is 0.292. The van der Waals surface area contributed by atoms with Crippen LogP contribution in [0.25, 0.3) is 0 Å². The fraction of sp³-hybridized carbons (Fsp3) is 0.333. The lowest BCUT2D eigenvalue weighted by Gasteiger charge is -2.36. The van der Waals surface area contributed by atoms with Crippen molar-refractivity contribution in [3.8, 4) is 0 Å². The van der Waals surface area contributed by atoms with Gasteiger partial charge in [-0.2, -0.15) is 0 Å². The molecule has 0 saturated carbocycles. The molecule has 3 rings (SSSR count). The maximum absolute atomic E-state index is 5.64. The Kier molecular flexibility index (Phi) is 4.65. The molecule has 130 valence electrons. The number of rotatable bonds is 3. The first-order valence-corrected chi connectivity index (χ1v) is 9.11. The van der Waals surface area contributed by atoms with Gasteiger partial charge in [-0.05, 0) is 75.2 Å². The Labute approximate surface area is 155 Å². The van der Waals surface area contributed by atoms with Crippen LogP contribution in [-0.2, 0) is 0 Å². The molecule has 0 radical (unpaired) electrons. The van der Waals surface area contributed by atoms with E-state index < -0.39 is 0 Å². The van der Waals surface area contributed by atoms with E-state index >= 15 is 0 Å². The van der Waals surface area contributed by atoms with Crippen molar-refractivity contribution in [3.63, 3.8) is 0 Å². The van der Waals surface area contributed by atoms with E-state index in [0.717, 1.165) is 23.6 Å². The van der Waals surface area contributed by atoms with E-state index in [2.05, 4.69) is 87.3 Å². The highest BCUT2D eigenvalue weighted by Crippen LogP contribution is 2.35. The van der Waals surface area contributed by atoms with Gasteiger partial charge in [0.05, 0.1) is 0 Å². The lowest BCUT2D eigenvalue weighted by Crippen LogP contribution is -2.51. The quantitative estimate of drug-likeness (QED) is 0.751. The van der Waals surface area contributed by atoms with Gasteiger partial charge in [0.2, 0.25) is 5.11 Å². The summed E-state index contributed by atoms with van der Waals surface area (Å²) in [5.41, 5.74) is 5.56. The van der Waals surface area contributed by atoms with Crippen molar-refractivity contribution in [1.29, 1.82) is 0 Å². The van der Waals surface area contributed by atoms with Gasteiger partial charge in [0, 0.05) is 11.4 Å². The molecule has 0 aliphatic carbocycles. The fourth-order valence-electron chi connectivity index (χ4n) is 3.36.